The van der Waals surface area contributed by atoms with Gasteiger partial charge in [0.05, 0.1) is 0 Å². The summed E-state index contributed by atoms with van der Waals surface area (Å²) in [6.07, 6.45) is 5.24. The van der Waals surface area contributed by atoms with Gasteiger partial charge in [-0.3, -0.25) is 9.59 Å². The maximum atomic E-state index is 11.6. The molecule has 0 saturated carbocycles. The first-order chi connectivity index (χ1) is 9.51. The van der Waals surface area contributed by atoms with Crippen LogP contribution in [0.2, 0.25) is 0 Å². The summed E-state index contributed by atoms with van der Waals surface area (Å²) < 4.78 is 10.0. The Kier molecular flexibility index (Phi) is 6.31. The van der Waals surface area contributed by atoms with Crippen molar-refractivity contribution < 1.29 is 19.1 Å². The third-order valence-electron chi connectivity index (χ3n) is 2.53. The zero-order chi connectivity index (χ0) is 15.0. The van der Waals surface area contributed by atoms with Crippen LogP contribution in [0.25, 0.3) is 0 Å². The number of hydrogen-bond acceptors (Lipinski definition) is 4. The highest BCUT2D eigenvalue weighted by Gasteiger charge is 2.10. The number of carbonyl (C=O) groups excluding carboxylic acids is 2. The summed E-state index contributed by atoms with van der Waals surface area (Å²) in [4.78, 5) is 22.9. The Balaban J connectivity index is 2.27. The minimum atomic E-state index is -0.540. The summed E-state index contributed by atoms with van der Waals surface area (Å²) in [5.41, 5.74) is 1.02. The van der Waals surface area contributed by atoms with Crippen LogP contribution >= 0.6 is 0 Å². The van der Waals surface area contributed by atoms with Crippen molar-refractivity contribution in [2.24, 2.45) is 0 Å². The molecule has 0 heterocycles. The molecule has 0 amide bonds. The standard InChI is InChI=1S/C16H18O4/c1-4-13(3)19-15(17)9-6-10-16(18)20-14-8-5-7-12(2)11-14/h1,5,7-8,11,13H,6,9-10H2,2-3H3. The largest absolute Gasteiger partial charge is 0.449 e. The Morgan fingerprint density at radius 1 is 1.30 bits per heavy atom. The monoisotopic (exact) mass is 274 g/mol. The van der Waals surface area contributed by atoms with Crippen LogP contribution in [-0.4, -0.2) is 18.0 Å². The smallest absolute Gasteiger partial charge is 0.311 e. The van der Waals surface area contributed by atoms with Crippen molar-refractivity contribution in [1.82, 2.24) is 0 Å². The molecule has 0 radical (unpaired) electrons. The van der Waals surface area contributed by atoms with Crippen molar-refractivity contribution in [3.63, 3.8) is 0 Å². The summed E-state index contributed by atoms with van der Waals surface area (Å²) in [5, 5.41) is 0. The number of esters is 2. The van der Waals surface area contributed by atoms with Gasteiger partial charge in [0, 0.05) is 12.8 Å². The van der Waals surface area contributed by atoms with Crippen molar-refractivity contribution in [1.29, 1.82) is 0 Å². The first kappa shape index (κ1) is 15.8. The summed E-state index contributed by atoms with van der Waals surface area (Å²) >= 11 is 0. The normalized spacial score (nSPS) is 11.2. The average molecular weight is 274 g/mol. The second-order valence-electron chi connectivity index (χ2n) is 4.44. The summed E-state index contributed by atoms with van der Waals surface area (Å²) in [6.45, 7) is 3.53. The minimum absolute atomic E-state index is 0.148. The number of hydrogen-bond donors (Lipinski definition) is 0. The van der Waals surface area contributed by atoms with Crippen LogP contribution in [0.15, 0.2) is 24.3 Å². The van der Waals surface area contributed by atoms with Crippen molar-refractivity contribution in [2.45, 2.75) is 39.2 Å². The van der Waals surface area contributed by atoms with E-state index in [1.54, 1.807) is 19.1 Å². The van der Waals surface area contributed by atoms with E-state index in [-0.39, 0.29) is 18.8 Å². The highest BCUT2D eigenvalue weighted by Crippen LogP contribution is 2.13. The van der Waals surface area contributed by atoms with Crippen LogP contribution in [-0.2, 0) is 14.3 Å². The molecule has 4 heteroatoms. The van der Waals surface area contributed by atoms with Crippen LogP contribution in [0, 0.1) is 19.3 Å². The Labute approximate surface area is 119 Å². The molecule has 0 aliphatic rings. The topological polar surface area (TPSA) is 52.6 Å². The van der Waals surface area contributed by atoms with Gasteiger partial charge in [-0.25, -0.2) is 0 Å². The maximum absolute atomic E-state index is 11.6. The molecule has 4 nitrogen and oxygen atoms in total. The lowest BCUT2D eigenvalue weighted by molar-refractivity contribution is -0.146. The van der Waals surface area contributed by atoms with E-state index in [0.29, 0.717) is 12.2 Å². The van der Waals surface area contributed by atoms with Crippen LogP contribution in [0.3, 0.4) is 0 Å². The van der Waals surface area contributed by atoms with Gasteiger partial charge in [0.15, 0.2) is 6.10 Å². The van der Waals surface area contributed by atoms with E-state index in [0.717, 1.165) is 5.56 Å². The van der Waals surface area contributed by atoms with Crippen molar-refractivity contribution >= 4 is 11.9 Å². The number of ether oxygens (including phenoxy) is 2. The predicted octanol–water partition coefficient (Wildman–Crippen LogP) is 2.64. The van der Waals surface area contributed by atoms with Gasteiger partial charge < -0.3 is 9.47 Å². The molecule has 20 heavy (non-hydrogen) atoms. The van der Waals surface area contributed by atoms with E-state index in [9.17, 15) is 9.59 Å². The van der Waals surface area contributed by atoms with Crippen LogP contribution in [0.1, 0.15) is 31.7 Å². The second-order valence-corrected chi connectivity index (χ2v) is 4.44. The van der Waals surface area contributed by atoms with Crippen LogP contribution in [0.4, 0.5) is 0 Å². The number of terminal acetylenes is 1. The van der Waals surface area contributed by atoms with E-state index in [2.05, 4.69) is 5.92 Å². The van der Waals surface area contributed by atoms with Gasteiger partial charge in [-0.1, -0.05) is 18.1 Å². The maximum Gasteiger partial charge on any atom is 0.311 e. The third kappa shape index (κ3) is 6.05. The van der Waals surface area contributed by atoms with Crippen molar-refractivity contribution in [2.75, 3.05) is 0 Å². The summed E-state index contributed by atoms with van der Waals surface area (Å²) in [7, 11) is 0. The molecule has 1 aromatic carbocycles. The summed E-state index contributed by atoms with van der Waals surface area (Å²) in [5.74, 6) is 2.04. The van der Waals surface area contributed by atoms with Gasteiger partial charge >= 0.3 is 11.9 Å². The minimum Gasteiger partial charge on any atom is -0.449 e. The van der Waals surface area contributed by atoms with E-state index < -0.39 is 12.1 Å². The molecule has 0 spiro atoms. The molecule has 0 saturated heterocycles. The molecular weight excluding hydrogens is 256 g/mol. The van der Waals surface area contributed by atoms with Gasteiger partial charge in [-0.15, -0.1) is 6.42 Å². The van der Waals surface area contributed by atoms with Crippen molar-refractivity contribution in [3.05, 3.63) is 29.8 Å². The molecule has 106 valence electrons. The van der Waals surface area contributed by atoms with Crippen LogP contribution in [0.5, 0.6) is 5.75 Å². The molecule has 1 atom stereocenters. The lowest BCUT2D eigenvalue weighted by atomic mass is 10.2. The SMILES string of the molecule is C#CC(C)OC(=O)CCCC(=O)Oc1cccc(C)c1. The van der Waals surface area contributed by atoms with Crippen LogP contribution < -0.4 is 4.74 Å². The number of rotatable bonds is 6. The highest BCUT2D eigenvalue weighted by molar-refractivity contribution is 5.74. The average Bonchev–Trinajstić information content (AvgIpc) is 2.38. The second kappa shape index (κ2) is 8.00. The van der Waals surface area contributed by atoms with Crippen molar-refractivity contribution in [3.8, 4) is 18.1 Å². The van der Waals surface area contributed by atoms with Gasteiger partial charge in [0.2, 0.25) is 0 Å². The first-order valence-electron chi connectivity index (χ1n) is 6.44. The van der Waals surface area contributed by atoms with Gasteiger partial charge in [-0.2, -0.15) is 0 Å². The van der Waals surface area contributed by atoms with E-state index in [1.165, 1.54) is 0 Å². The Hall–Kier alpha value is -2.28. The molecule has 0 N–H and O–H groups in total. The van der Waals surface area contributed by atoms with E-state index in [4.69, 9.17) is 15.9 Å². The third-order valence-corrected chi connectivity index (χ3v) is 2.53. The quantitative estimate of drug-likeness (QED) is 0.454. The molecule has 0 aliphatic heterocycles. The highest BCUT2D eigenvalue weighted by atomic mass is 16.5. The van der Waals surface area contributed by atoms with Gasteiger partial charge in [-0.05, 0) is 38.0 Å². The molecule has 0 aromatic heterocycles. The Bertz CT molecular complexity index is 513. The molecular formula is C16H18O4. The zero-order valence-corrected chi connectivity index (χ0v) is 11.7. The fraction of sp³-hybridized carbons (Fsp3) is 0.375. The molecule has 0 bridgehead atoms. The predicted molar refractivity (Wildman–Crippen MR) is 75.1 cm³/mol. The number of aryl methyl sites for hydroxylation is 1. The van der Waals surface area contributed by atoms with Gasteiger partial charge in [0.25, 0.3) is 0 Å². The number of carbonyl (C=O) groups is 2. The van der Waals surface area contributed by atoms with E-state index >= 15 is 0 Å². The number of benzene rings is 1. The van der Waals surface area contributed by atoms with E-state index in [1.807, 2.05) is 19.1 Å². The Morgan fingerprint density at radius 3 is 2.65 bits per heavy atom. The fourth-order valence-electron chi connectivity index (χ4n) is 1.53. The molecule has 0 fully saturated rings. The molecule has 1 unspecified atom stereocenters. The first-order valence-corrected chi connectivity index (χ1v) is 6.44. The molecule has 0 aliphatic carbocycles. The summed E-state index contributed by atoms with van der Waals surface area (Å²) in [6, 6.07) is 7.23. The fourth-order valence-corrected chi connectivity index (χ4v) is 1.53. The molecule has 1 aromatic rings. The lowest BCUT2D eigenvalue weighted by Gasteiger charge is -2.07. The zero-order valence-electron chi connectivity index (χ0n) is 11.7. The Morgan fingerprint density at radius 2 is 2.00 bits per heavy atom. The molecule has 1 rings (SSSR count). The lowest BCUT2D eigenvalue weighted by Crippen LogP contribution is -2.14. The van der Waals surface area contributed by atoms with Gasteiger partial charge in [0.1, 0.15) is 5.75 Å².